The lowest BCUT2D eigenvalue weighted by Crippen LogP contribution is -2.19. The molecule has 0 aliphatic carbocycles. The normalized spacial score (nSPS) is 17.4. The van der Waals surface area contributed by atoms with Crippen LogP contribution in [0.2, 0.25) is 0 Å². The second kappa shape index (κ2) is 7.04. The zero-order valence-corrected chi connectivity index (χ0v) is 17.5. The van der Waals surface area contributed by atoms with Gasteiger partial charge < -0.3 is 4.42 Å². The van der Waals surface area contributed by atoms with Crippen molar-refractivity contribution in [3.05, 3.63) is 70.7 Å². The Balaban J connectivity index is 1.27. The predicted molar refractivity (Wildman–Crippen MR) is 118 cm³/mol. The van der Waals surface area contributed by atoms with E-state index in [9.17, 15) is 0 Å². The van der Waals surface area contributed by atoms with Gasteiger partial charge in [0.2, 0.25) is 10.8 Å². The van der Waals surface area contributed by atoms with Crippen LogP contribution in [-0.4, -0.2) is 37.8 Å². The van der Waals surface area contributed by atoms with Crippen LogP contribution in [0.4, 0.5) is 0 Å². The summed E-state index contributed by atoms with van der Waals surface area (Å²) < 4.78 is 7.92. The van der Waals surface area contributed by atoms with E-state index in [1.807, 2.05) is 22.7 Å². The van der Waals surface area contributed by atoms with E-state index < -0.39 is 0 Å². The summed E-state index contributed by atoms with van der Waals surface area (Å²) in [5.41, 5.74) is 3.36. The van der Waals surface area contributed by atoms with Gasteiger partial charge in [-0.1, -0.05) is 59.9 Å². The van der Waals surface area contributed by atoms with E-state index in [0.29, 0.717) is 11.7 Å². The van der Waals surface area contributed by atoms with Gasteiger partial charge in [0, 0.05) is 17.5 Å². The molecule has 6 nitrogen and oxygen atoms in total. The van der Waals surface area contributed by atoms with E-state index in [2.05, 4.69) is 58.4 Å². The second-order valence-electron chi connectivity index (χ2n) is 7.90. The molecule has 30 heavy (non-hydrogen) atoms. The highest BCUT2D eigenvalue weighted by Gasteiger charge is 2.26. The third kappa shape index (κ3) is 2.93. The van der Waals surface area contributed by atoms with Gasteiger partial charge in [-0.15, -0.1) is 10.2 Å². The molecule has 1 atom stereocenters. The molecule has 0 spiro atoms. The lowest BCUT2D eigenvalue weighted by atomic mass is 9.99. The molecule has 7 heteroatoms. The average Bonchev–Trinajstić information content (AvgIpc) is 3.54. The Hall–Kier alpha value is -3.03. The number of furan rings is 1. The minimum absolute atomic E-state index is 0.602. The first-order valence-corrected chi connectivity index (χ1v) is 11.0. The van der Waals surface area contributed by atoms with E-state index in [1.54, 1.807) is 11.3 Å². The van der Waals surface area contributed by atoms with Crippen LogP contribution in [0.1, 0.15) is 28.5 Å². The Labute approximate surface area is 177 Å². The minimum atomic E-state index is 0.602. The topological polar surface area (TPSA) is 59.5 Å². The zero-order chi connectivity index (χ0) is 20.1. The van der Waals surface area contributed by atoms with Crippen molar-refractivity contribution in [2.45, 2.75) is 25.8 Å². The zero-order valence-electron chi connectivity index (χ0n) is 16.7. The molecule has 150 valence electrons. The van der Waals surface area contributed by atoms with Gasteiger partial charge >= 0.3 is 0 Å². The number of likely N-dealkylation sites (tertiary alicyclic amines) is 1. The minimum Gasteiger partial charge on any atom is -0.452 e. The van der Waals surface area contributed by atoms with Crippen molar-refractivity contribution in [1.29, 1.82) is 0 Å². The molecule has 0 N–H and O–H groups in total. The summed E-state index contributed by atoms with van der Waals surface area (Å²) in [7, 11) is 0. The quantitative estimate of drug-likeness (QED) is 0.418. The summed E-state index contributed by atoms with van der Waals surface area (Å²) in [4.78, 5) is 3.29. The monoisotopic (exact) mass is 415 g/mol. The van der Waals surface area contributed by atoms with Crippen LogP contribution in [0.25, 0.3) is 27.5 Å². The number of nitrogens with zero attached hydrogens (tertiary/aromatic N) is 5. The third-order valence-electron chi connectivity index (χ3n) is 5.98. The lowest BCUT2D eigenvalue weighted by Gasteiger charge is -2.14. The van der Waals surface area contributed by atoms with Crippen LogP contribution in [0.3, 0.4) is 0 Å². The standard InChI is InChI=1S/C23H21N5OS/c1-15-18-9-5-6-10-19(18)29-21(15)22-24-25-23-28(22)26-20(30-23)14-27-12-11-17(13-27)16-7-3-2-4-8-16/h2-10,17H,11-14H2,1H3/t17-/m0/s1. The number of benzene rings is 2. The molecular formula is C23H21N5OS. The van der Waals surface area contributed by atoms with E-state index in [-0.39, 0.29) is 0 Å². The van der Waals surface area contributed by atoms with Crippen molar-refractivity contribution in [1.82, 2.24) is 24.7 Å². The first kappa shape index (κ1) is 17.8. The molecule has 6 rings (SSSR count). The number of aromatic nitrogens is 4. The van der Waals surface area contributed by atoms with Gasteiger partial charge in [-0.3, -0.25) is 4.90 Å². The van der Waals surface area contributed by atoms with Crippen LogP contribution < -0.4 is 0 Å². The maximum atomic E-state index is 6.09. The Morgan fingerprint density at radius 2 is 1.90 bits per heavy atom. The van der Waals surface area contributed by atoms with Gasteiger partial charge in [0.05, 0.1) is 6.54 Å². The highest BCUT2D eigenvalue weighted by Crippen LogP contribution is 2.33. The van der Waals surface area contributed by atoms with Gasteiger partial charge in [-0.05, 0) is 37.4 Å². The first-order valence-electron chi connectivity index (χ1n) is 10.2. The van der Waals surface area contributed by atoms with Gasteiger partial charge in [0.15, 0.2) is 5.76 Å². The summed E-state index contributed by atoms with van der Waals surface area (Å²) in [6.07, 6.45) is 1.19. The van der Waals surface area contributed by atoms with Crippen LogP contribution in [-0.2, 0) is 6.54 Å². The number of fused-ring (bicyclic) bond motifs is 2. The number of aryl methyl sites for hydroxylation is 1. The summed E-state index contributed by atoms with van der Waals surface area (Å²) in [6, 6.07) is 18.9. The van der Waals surface area contributed by atoms with Gasteiger partial charge in [-0.25, -0.2) is 0 Å². The summed E-state index contributed by atoms with van der Waals surface area (Å²) in [5, 5.41) is 15.7. The van der Waals surface area contributed by atoms with E-state index in [1.165, 1.54) is 12.0 Å². The highest BCUT2D eigenvalue weighted by atomic mass is 32.1. The average molecular weight is 416 g/mol. The molecule has 1 saturated heterocycles. The fraction of sp³-hybridized carbons (Fsp3) is 0.261. The van der Waals surface area contributed by atoms with E-state index in [4.69, 9.17) is 9.52 Å². The molecule has 0 unspecified atom stereocenters. The SMILES string of the molecule is Cc1c(-c2nnc3sc(CN4CC[C@H](c5ccccc5)C4)nn23)oc2ccccc12. The molecule has 1 fully saturated rings. The molecule has 4 heterocycles. The second-order valence-corrected chi connectivity index (χ2v) is 8.94. The molecule has 0 bridgehead atoms. The molecule has 0 amide bonds. The van der Waals surface area contributed by atoms with Crippen LogP contribution in [0.5, 0.6) is 0 Å². The molecule has 1 aliphatic rings. The van der Waals surface area contributed by atoms with E-state index in [0.717, 1.165) is 51.9 Å². The third-order valence-corrected chi connectivity index (χ3v) is 6.87. The molecular weight excluding hydrogens is 394 g/mol. The Morgan fingerprint density at radius 3 is 2.77 bits per heavy atom. The van der Waals surface area contributed by atoms with Crippen LogP contribution >= 0.6 is 11.3 Å². The van der Waals surface area contributed by atoms with Crippen molar-refractivity contribution >= 4 is 27.3 Å². The van der Waals surface area contributed by atoms with Crippen molar-refractivity contribution in [2.24, 2.45) is 0 Å². The van der Waals surface area contributed by atoms with E-state index >= 15 is 0 Å². The van der Waals surface area contributed by atoms with Crippen LogP contribution in [0.15, 0.2) is 59.0 Å². The predicted octanol–water partition coefficient (Wildman–Crippen LogP) is 4.90. The summed E-state index contributed by atoms with van der Waals surface area (Å²) in [6.45, 7) is 5.06. The maximum Gasteiger partial charge on any atom is 0.235 e. The number of rotatable bonds is 4. The van der Waals surface area contributed by atoms with Crippen molar-refractivity contribution in [2.75, 3.05) is 13.1 Å². The van der Waals surface area contributed by atoms with Crippen molar-refractivity contribution in [3.8, 4) is 11.6 Å². The smallest absolute Gasteiger partial charge is 0.235 e. The van der Waals surface area contributed by atoms with Gasteiger partial charge in [0.1, 0.15) is 10.6 Å². The summed E-state index contributed by atoms with van der Waals surface area (Å²) >= 11 is 1.60. The summed E-state index contributed by atoms with van der Waals surface area (Å²) in [5.74, 6) is 2.02. The van der Waals surface area contributed by atoms with Crippen molar-refractivity contribution < 1.29 is 4.42 Å². The van der Waals surface area contributed by atoms with Crippen molar-refractivity contribution in [3.63, 3.8) is 0 Å². The molecule has 0 radical (unpaired) electrons. The molecule has 5 aromatic rings. The fourth-order valence-electron chi connectivity index (χ4n) is 4.41. The maximum absolute atomic E-state index is 6.09. The number of para-hydroxylation sites is 1. The molecule has 0 saturated carbocycles. The van der Waals surface area contributed by atoms with Gasteiger partial charge in [-0.2, -0.15) is 9.61 Å². The Kier molecular flexibility index (Phi) is 4.17. The lowest BCUT2D eigenvalue weighted by molar-refractivity contribution is 0.325. The highest BCUT2D eigenvalue weighted by molar-refractivity contribution is 7.16. The van der Waals surface area contributed by atoms with Gasteiger partial charge in [0.25, 0.3) is 0 Å². The molecule has 3 aromatic heterocycles. The Morgan fingerprint density at radius 1 is 1.07 bits per heavy atom. The molecule has 1 aliphatic heterocycles. The Bertz CT molecular complexity index is 1340. The molecule has 2 aromatic carbocycles. The largest absolute Gasteiger partial charge is 0.452 e. The number of hydrogen-bond donors (Lipinski definition) is 0. The number of hydrogen-bond acceptors (Lipinski definition) is 6. The fourth-order valence-corrected chi connectivity index (χ4v) is 5.29. The first-order chi connectivity index (χ1) is 14.8. The van der Waals surface area contributed by atoms with Crippen LogP contribution in [0, 0.1) is 6.92 Å².